The molecule has 0 N–H and O–H groups in total. The number of benzene rings is 1. The largest absolute Gasteiger partial charge is 0.481 e. The zero-order chi connectivity index (χ0) is 11.5. The van der Waals surface area contributed by atoms with Crippen LogP contribution in [0.25, 0.3) is 10.9 Å². The van der Waals surface area contributed by atoms with E-state index in [-0.39, 0.29) is 12.2 Å². The molecule has 16 heavy (non-hydrogen) atoms. The van der Waals surface area contributed by atoms with E-state index in [1.54, 1.807) is 23.7 Å². The van der Waals surface area contributed by atoms with Gasteiger partial charge in [-0.1, -0.05) is 5.92 Å². The van der Waals surface area contributed by atoms with E-state index in [0.29, 0.717) is 5.75 Å². The van der Waals surface area contributed by atoms with Gasteiger partial charge in [-0.05, 0) is 24.3 Å². The molecule has 0 amide bonds. The molecule has 3 nitrogen and oxygen atoms in total. The normalized spacial score (nSPS) is 10.0. The van der Waals surface area contributed by atoms with Crippen molar-refractivity contribution >= 4 is 10.9 Å². The van der Waals surface area contributed by atoms with Gasteiger partial charge >= 0.3 is 0 Å². The van der Waals surface area contributed by atoms with Gasteiger partial charge in [0.25, 0.3) is 5.56 Å². The van der Waals surface area contributed by atoms with E-state index >= 15 is 0 Å². The highest BCUT2D eigenvalue weighted by Crippen LogP contribution is 2.18. The zero-order valence-corrected chi connectivity index (χ0v) is 8.93. The van der Waals surface area contributed by atoms with Crippen molar-refractivity contribution in [3.05, 3.63) is 40.7 Å². The molecule has 0 saturated carbocycles. The second kappa shape index (κ2) is 4.11. The van der Waals surface area contributed by atoms with Gasteiger partial charge in [0.15, 0.2) is 0 Å². The van der Waals surface area contributed by atoms with Crippen LogP contribution >= 0.6 is 0 Å². The van der Waals surface area contributed by atoms with Crippen LogP contribution < -0.4 is 10.3 Å². The van der Waals surface area contributed by atoms with Crippen LogP contribution in [-0.2, 0) is 7.05 Å². The van der Waals surface area contributed by atoms with E-state index in [1.807, 2.05) is 12.1 Å². The summed E-state index contributed by atoms with van der Waals surface area (Å²) in [5.74, 6) is 3.12. The summed E-state index contributed by atoms with van der Waals surface area (Å²) >= 11 is 0. The van der Waals surface area contributed by atoms with Crippen molar-refractivity contribution in [1.82, 2.24) is 4.57 Å². The predicted molar refractivity (Wildman–Crippen MR) is 63.5 cm³/mol. The first-order valence-electron chi connectivity index (χ1n) is 4.88. The molecule has 0 aliphatic heterocycles. The summed E-state index contributed by atoms with van der Waals surface area (Å²) in [5.41, 5.74) is 0.852. The molecule has 1 aromatic carbocycles. The SMILES string of the molecule is C#CCOc1ccc2c(ccc(=O)n2C)c1. The lowest BCUT2D eigenvalue weighted by Crippen LogP contribution is -2.14. The van der Waals surface area contributed by atoms with Gasteiger partial charge in [0, 0.05) is 18.5 Å². The Hall–Kier alpha value is -2.21. The van der Waals surface area contributed by atoms with Crippen LogP contribution in [0.4, 0.5) is 0 Å². The molecule has 0 aliphatic rings. The van der Waals surface area contributed by atoms with Gasteiger partial charge in [-0.15, -0.1) is 6.42 Å². The summed E-state index contributed by atoms with van der Waals surface area (Å²) in [4.78, 5) is 11.4. The number of fused-ring (bicyclic) bond motifs is 1. The molecule has 0 spiro atoms. The summed E-state index contributed by atoms with van der Waals surface area (Å²) in [6, 6.07) is 8.83. The monoisotopic (exact) mass is 213 g/mol. The first-order chi connectivity index (χ1) is 7.72. The molecule has 0 unspecified atom stereocenters. The third-order valence-electron chi connectivity index (χ3n) is 2.42. The minimum Gasteiger partial charge on any atom is -0.481 e. The molecule has 2 rings (SSSR count). The van der Waals surface area contributed by atoms with Crippen LogP contribution in [0.15, 0.2) is 35.1 Å². The topological polar surface area (TPSA) is 31.2 Å². The first-order valence-corrected chi connectivity index (χ1v) is 4.88. The van der Waals surface area contributed by atoms with Crippen molar-refractivity contribution < 1.29 is 4.74 Å². The Bertz CT molecular complexity index is 620. The molecule has 0 saturated heterocycles. The number of ether oxygens (including phenoxy) is 1. The smallest absolute Gasteiger partial charge is 0.250 e. The van der Waals surface area contributed by atoms with Crippen molar-refractivity contribution in [3.8, 4) is 18.1 Å². The van der Waals surface area contributed by atoms with E-state index in [4.69, 9.17) is 11.2 Å². The zero-order valence-electron chi connectivity index (χ0n) is 8.93. The van der Waals surface area contributed by atoms with Crippen molar-refractivity contribution in [1.29, 1.82) is 0 Å². The van der Waals surface area contributed by atoms with Crippen LogP contribution in [0.2, 0.25) is 0 Å². The van der Waals surface area contributed by atoms with E-state index in [1.165, 1.54) is 6.07 Å². The van der Waals surface area contributed by atoms with Crippen LogP contribution in [-0.4, -0.2) is 11.2 Å². The van der Waals surface area contributed by atoms with Gasteiger partial charge in [-0.2, -0.15) is 0 Å². The average molecular weight is 213 g/mol. The fraction of sp³-hybridized carbons (Fsp3) is 0.154. The standard InChI is InChI=1S/C13H11NO2/c1-3-8-16-11-5-6-12-10(9-11)4-7-13(15)14(12)2/h1,4-7,9H,8H2,2H3. The van der Waals surface area contributed by atoms with Gasteiger partial charge in [0.1, 0.15) is 12.4 Å². The molecule has 0 radical (unpaired) electrons. The number of aromatic nitrogens is 1. The van der Waals surface area contributed by atoms with Crippen molar-refractivity contribution in [3.63, 3.8) is 0 Å². The Morgan fingerprint density at radius 3 is 2.94 bits per heavy atom. The van der Waals surface area contributed by atoms with Gasteiger partial charge in [0.05, 0.1) is 5.52 Å². The Balaban J connectivity index is 2.53. The van der Waals surface area contributed by atoms with Crippen molar-refractivity contribution in [2.24, 2.45) is 7.05 Å². The van der Waals surface area contributed by atoms with Gasteiger partial charge in [0.2, 0.25) is 0 Å². The molecule has 0 bridgehead atoms. The van der Waals surface area contributed by atoms with Crippen LogP contribution in [0.3, 0.4) is 0 Å². The molecule has 2 aromatic rings. The fourth-order valence-electron chi connectivity index (χ4n) is 1.58. The maximum atomic E-state index is 11.4. The molecule has 1 aromatic heterocycles. The predicted octanol–water partition coefficient (Wildman–Crippen LogP) is 1.55. The van der Waals surface area contributed by atoms with Gasteiger partial charge in [-0.3, -0.25) is 4.79 Å². The summed E-state index contributed by atoms with van der Waals surface area (Å²) in [7, 11) is 1.74. The lowest BCUT2D eigenvalue weighted by Gasteiger charge is -2.06. The summed E-state index contributed by atoms with van der Waals surface area (Å²) in [6.07, 6.45) is 5.11. The van der Waals surface area contributed by atoms with Crippen LogP contribution in [0.5, 0.6) is 5.75 Å². The molecule has 0 aliphatic carbocycles. The lowest BCUT2D eigenvalue weighted by molar-refractivity contribution is 0.371. The Morgan fingerprint density at radius 2 is 2.19 bits per heavy atom. The van der Waals surface area contributed by atoms with Gasteiger partial charge < -0.3 is 9.30 Å². The van der Waals surface area contributed by atoms with Crippen LogP contribution in [0, 0.1) is 12.3 Å². The highest BCUT2D eigenvalue weighted by Gasteiger charge is 2.00. The van der Waals surface area contributed by atoms with E-state index in [9.17, 15) is 4.79 Å². The molecule has 0 fully saturated rings. The van der Waals surface area contributed by atoms with Crippen molar-refractivity contribution in [2.75, 3.05) is 6.61 Å². The molecule has 1 heterocycles. The summed E-state index contributed by atoms with van der Waals surface area (Å²) < 4.78 is 6.91. The number of hydrogen-bond donors (Lipinski definition) is 0. The third-order valence-corrected chi connectivity index (χ3v) is 2.42. The maximum Gasteiger partial charge on any atom is 0.250 e. The van der Waals surface area contributed by atoms with Crippen molar-refractivity contribution in [2.45, 2.75) is 0 Å². The molecule has 80 valence electrons. The summed E-state index contributed by atoms with van der Waals surface area (Å²) in [5, 5.41) is 0.955. The first kappa shape index (κ1) is 10.3. The number of rotatable bonds is 2. The Morgan fingerprint density at radius 1 is 1.38 bits per heavy atom. The number of terminal acetylenes is 1. The minimum absolute atomic E-state index is 0.0233. The number of aryl methyl sites for hydroxylation is 1. The second-order valence-corrected chi connectivity index (χ2v) is 3.44. The van der Waals surface area contributed by atoms with E-state index in [0.717, 1.165) is 10.9 Å². The molecule has 3 heteroatoms. The van der Waals surface area contributed by atoms with E-state index < -0.39 is 0 Å². The number of hydrogen-bond acceptors (Lipinski definition) is 2. The lowest BCUT2D eigenvalue weighted by atomic mass is 10.2. The average Bonchev–Trinajstić information content (AvgIpc) is 2.31. The number of nitrogens with zero attached hydrogens (tertiary/aromatic N) is 1. The number of pyridine rings is 1. The van der Waals surface area contributed by atoms with E-state index in [2.05, 4.69) is 5.92 Å². The molecular formula is C13H11NO2. The maximum absolute atomic E-state index is 11.4. The van der Waals surface area contributed by atoms with Crippen LogP contribution in [0.1, 0.15) is 0 Å². The second-order valence-electron chi connectivity index (χ2n) is 3.44. The summed E-state index contributed by atoms with van der Waals surface area (Å²) in [6.45, 7) is 0.247. The highest BCUT2D eigenvalue weighted by atomic mass is 16.5. The molecular weight excluding hydrogens is 202 g/mol. The minimum atomic E-state index is -0.0233. The Kier molecular flexibility index (Phi) is 2.65. The highest BCUT2D eigenvalue weighted by molar-refractivity contribution is 5.80. The quantitative estimate of drug-likeness (QED) is 0.709. The Labute approximate surface area is 93.3 Å². The third kappa shape index (κ3) is 1.78. The van der Waals surface area contributed by atoms with Gasteiger partial charge in [-0.25, -0.2) is 0 Å². The molecule has 0 atom stereocenters. The fourth-order valence-corrected chi connectivity index (χ4v) is 1.58.